The van der Waals surface area contributed by atoms with Crippen LogP contribution in [0.1, 0.15) is 47.8 Å². The maximum atomic E-state index is 12.8. The number of aromatic nitrogens is 1. The number of hydrogen-bond donors (Lipinski definition) is 3. The molecule has 0 spiro atoms. The summed E-state index contributed by atoms with van der Waals surface area (Å²) >= 11 is 1.62. The number of carbonyl (C=O) groups is 1. The Kier molecular flexibility index (Phi) is 8.04. The molecule has 1 aliphatic heterocycles. The molecule has 3 N–H and O–H groups in total. The van der Waals surface area contributed by atoms with Gasteiger partial charge >= 0.3 is 0 Å². The van der Waals surface area contributed by atoms with Crippen LogP contribution in [0.5, 0.6) is 5.75 Å². The molecule has 8 heteroatoms. The van der Waals surface area contributed by atoms with Gasteiger partial charge in [0.05, 0.1) is 35.6 Å². The summed E-state index contributed by atoms with van der Waals surface area (Å²) < 4.78 is 5.37. The van der Waals surface area contributed by atoms with E-state index in [1.165, 1.54) is 0 Å². The molecular formula is C27H31N3O4S. The largest absolute Gasteiger partial charge is 0.497 e. The standard InChI is InChI=1S/C27H31N3O4S/c1-19-18-28-23-8-7-20(34-2)17-22(23)25(19)24(31)9-10-27(26(32)29-33)11-14-30(15-12-27)13-3-5-21-6-4-16-35-21/h4,6-8,16-18,24,31,33H,9-15H2,1-2H3,(H,29,32). The number of aliphatic hydroxyl groups is 1. The predicted octanol–water partition coefficient (Wildman–Crippen LogP) is 4.07. The number of ether oxygens (including phenoxy) is 1. The number of nitrogens with one attached hydrogen (secondary N) is 1. The molecular weight excluding hydrogens is 462 g/mol. The van der Waals surface area contributed by atoms with Crippen LogP contribution in [0.25, 0.3) is 10.9 Å². The maximum Gasteiger partial charge on any atom is 0.249 e. The molecule has 1 amide bonds. The van der Waals surface area contributed by atoms with Gasteiger partial charge in [-0.3, -0.25) is 19.9 Å². The van der Waals surface area contributed by atoms with Crippen LogP contribution in [0, 0.1) is 24.2 Å². The summed E-state index contributed by atoms with van der Waals surface area (Å²) in [5.41, 5.74) is 3.62. The summed E-state index contributed by atoms with van der Waals surface area (Å²) in [5.74, 6) is 6.70. The zero-order chi connectivity index (χ0) is 24.8. The molecule has 0 saturated carbocycles. The van der Waals surface area contributed by atoms with Gasteiger partial charge in [0.15, 0.2) is 0 Å². The number of fused-ring (bicyclic) bond motifs is 1. The van der Waals surface area contributed by atoms with Gasteiger partial charge in [0.25, 0.3) is 0 Å². The molecule has 7 nitrogen and oxygen atoms in total. The molecule has 1 unspecified atom stereocenters. The van der Waals surface area contributed by atoms with Gasteiger partial charge in [0.1, 0.15) is 5.75 Å². The van der Waals surface area contributed by atoms with Gasteiger partial charge in [0.2, 0.25) is 5.91 Å². The van der Waals surface area contributed by atoms with Gasteiger partial charge in [-0.25, -0.2) is 5.48 Å². The number of rotatable bonds is 7. The van der Waals surface area contributed by atoms with E-state index in [1.54, 1.807) is 24.6 Å². The average Bonchev–Trinajstić information content (AvgIpc) is 3.40. The van der Waals surface area contributed by atoms with Crippen molar-refractivity contribution in [2.24, 2.45) is 5.41 Å². The fourth-order valence-electron chi connectivity index (χ4n) is 4.85. The number of aliphatic hydroxyl groups excluding tert-OH is 1. The number of nitrogens with zero attached hydrogens (tertiary/aromatic N) is 2. The zero-order valence-electron chi connectivity index (χ0n) is 20.1. The van der Waals surface area contributed by atoms with E-state index in [0.29, 0.717) is 51.1 Å². The zero-order valence-corrected chi connectivity index (χ0v) is 20.9. The number of likely N-dealkylation sites (tertiary alicyclic amines) is 1. The summed E-state index contributed by atoms with van der Waals surface area (Å²) in [7, 11) is 1.61. The van der Waals surface area contributed by atoms with Crippen LogP contribution in [0.4, 0.5) is 0 Å². The SMILES string of the molecule is COc1ccc2ncc(C)c(C(O)CCC3(C(=O)NO)CCN(CC#Cc4cccs4)CC3)c2c1. The van der Waals surface area contributed by atoms with Crippen LogP contribution >= 0.6 is 11.3 Å². The van der Waals surface area contributed by atoms with Gasteiger partial charge < -0.3 is 9.84 Å². The minimum atomic E-state index is -0.773. The van der Waals surface area contributed by atoms with Crippen molar-refractivity contribution in [3.63, 3.8) is 0 Å². The first-order valence-electron chi connectivity index (χ1n) is 11.8. The third-order valence-corrected chi connectivity index (χ3v) is 7.76. The quantitative estimate of drug-likeness (QED) is 0.261. The van der Waals surface area contributed by atoms with Crippen molar-refractivity contribution in [2.75, 3.05) is 26.7 Å². The number of pyridine rings is 1. The Balaban J connectivity index is 1.46. The smallest absolute Gasteiger partial charge is 0.249 e. The van der Waals surface area contributed by atoms with Crippen LogP contribution in [0.3, 0.4) is 0 Å². The fourth-order valence-corrected chi connectivity index (χ4v) is 5.45. The average molecular weight is 494 g/mol. The predicted molar refractivity (Wildman–Crippen MR) is 136 cm³/mol. The van der Waals surface area contributed by atoms with Gasteiger partial charge in [0, 0.05) is 24.7 Å². The van der Waals surface area contributed by atoms with Crippen LogP contribution in [-0.2, 0) is 4.79 Å². The van der Waals surface area contributed by atoms with Crippen LogP contribution in [-0.4, -0.2) is 52.8 Å². The lowest BCUT2D eigenvalue weighted by Gasteiger charge is -2.40. The molecule has 184 valence electrons. The van der Waals surface area contributed by atoms with Gasteiger partial charge in [-0.1, -0.05) is 17.9 Å². The number of thiophene rings is 1. The van der Waals surface area contributed by atoms with E-state index in [1.807, 2.05) is 48.1 Å². The normalized spacial score (nSPS) is 16.3. The Morgan fingerprint density at radius 2 is 2.14 bits per heavy atom. The topological polar surface area (TPSA) is 94.9 Å². The monoisotopic (exact) mass is 493 g/mol. The summed E-state index contributed by atoms with van der Waals surface area (Å²) in [4.78, 5) is 20.5. The number of hydrogen-bond acceptors (Lipinski definition) is 7. The van der Waals surface area contributed by atoms with Gasteiger partial charge in [-0.2, -0.15) is 0 Å². The minimum Gasteiger partial charge on any atom is -0.497 e. The Hall–Kier alpha value is -2.96. The van der Waals surface area contributed by atoms with E-state index in [9.17, 15) is 15.1 Å². The van der Waals surface area contributed by atoms with Crippen molar-refractivity contribution in [1.82, 2.24) is 15.4 Å². The summed E-state index contributed by atoms with van der Waals surface area (Å²) in [6.45, 7) is 3.98. The number of methoxy groups -OCH3 is 1. The number of amides is 1. The number of piperidine rings is 1. The van der Waals surface area contributed by atoms with Crippen molar-refractivity contribution in [3.8, 4) is 17.6 Å². The first-order chi connectivity index (χ1) is 17.0. The Bertz CT molecular complexity index is 1220. The molecule has 3 heterocycles. The first-order valence-corrected chi connectivity index (χ1v) is 12.6. The lowest BCUT2D eigenvalue weighted by molar-refractivity contribution is -0.143. The molecule has 1 aromatic carbocycles. The molecule has 3 aromatic rings. The Morgan fingerprint density at radius 1 is 1.34 bits per heavy atom. The van der Waals surface area contributed by atoms with Gasteiger partial charge in [-0.15, -0.1) is 11.3 Å². The van der Waals surface area contributed by atoms with Crippen molar-refractivity contribution < 1.29 is 19.8 Å². The number of hydroxylamine groups is 1. The number of carbonyl (C=O) groups excluding carboxylic acids is 1. The molecule has 1 saturated heterocycles. The van der Waals surface area contributed by atoms with Crippen LogP contribution in [0.2, 0.25) is 0 Å². The molecule has 2 aromatic heterocycles. The second-order valence-corrected chi connectivity index (χ2v) is 10.0. The molecule has 0 bridgehead atoms. The third kappa shape index (κ3) is 5.65. The van der Waals surface area contributed by atoms with E-state index in [2.05, 4.69) is 21.7 Å². The van der Waals surface area contributed by atoms with Crippen molar-refractivity contribution in [1.29, 1.82) is 0 Å². The highest BCUT2D eigenvalue weighted by atomic mass is 32.1. The minimum absolute atomic E-state index is 0.382. The molecule has 0 radical (unpaired) electrons. The molecule has 35 heavy (non-hydrogen) atoms. The van der Waals surface area contributed by atoms with Crippen LogP contribution in [0.15, 0.2) is 41.9 Å². The molecule has 1 aliphatic rings. The Morgan fingerprint density at radius 3 is 2.83 bits per heavy atom. The number of benzene rings is 1. The first kappa shape index (κ1) is 25.1. The fraction of sp³-hybridized carbons (Fsp3) is 0.407. The summed E-state index contributed by atoms with van der Waals surface area (Å²) in [6, 6.07) is 9.60. The van der Waals surface area contributed by atoms with Crippen molar-refractivity contribution >= 4 is 28.1 Å². The van der Waals surface area contributed by atoms with Crippen LogP contribution < -0.4 is 10.2 Å². The van der Waals surface area contributed by atoms with E-state index >= 15 is 0 Å². The van der Waals surface area contributed by atoms with E-state index in [-0.39, 0.29) is 5.91 Å². The molecule has 1 atom stereocenters. The summed E-state index contributed by atoms with van der Waals surface area (Å²) in [5, 5.41) is 23.6. The highest BCUT2D eigenvalue weighted by Gasteiger charge is 2.41. The lowest BCUT2D eigenvalue weighted by Crippen LogP contribution is -2.48. The second-order valence-electron chi connectivity index (χ2n) is 9.07. The molecule has 0 aliphatic carbocycles. The summed E-state index contributed by atoms with van der Waals surface area (Å²) in [6.07, 6.45) is 3.03. The van der Waals surface area contributed by atoms with E-state index in [4.69, 9.17) is 4.74 Å². The third-order valence-electron chi connectivity index (χ3n) is 6.98. The van der Waals surface area contributed by atoms with E-state index in [0.717, 1.165) is 26.9 Å². The lowest BCUT2D eigenvalue weighted by atomic mass is 9.73. The second kappa shape index (κ2) is 11.2. The molecule has 1 fully saturated rings. The number of aryl methyl sites for hydroxylation is 1. The maximum absolute atomic E-state index is 12.8. The van der Waals surface area contributed by atoms with E-state index < -0.39 is 11.5 Å². The van der Waals surface area contributed by atoms with Gasteiger partial charge in [-0.05, 0) is 73.4 Å². The highest BCUT2D eigenvalue weighted by Crippen LogP contribution is 2.40. The van der Waals surface area contributed by atoms with Crippen molar-refractivity contribution in [2.45, 2.75) is 38.7 Å². The Labute approximate surface area is 209 Å². The van der Waals surface area contributed by atoms with Crippen molar-refractivity contribution in [3.05, 3.63) is 57.9 Å². The molecule has 4 rings (SSSR count). The highest BCUT2D eigenvalue weighted by molar-refractivity contribution is 7.10.